The Morgan fingerprint density at radius 3 is 2.82 bits per heavy atom. The van der Waals surface area contributed by atoms with Crippen LogP contribution in [0.3, 0.4) is 0 Å². The molecule has 2 rings (SSSR count). The van der Waals surface area contributed by atoms with Crippen molar-refractivity contribution in [3.63, 3.8) is 0 Å². The number of hydrogen-bond acceptors (Lipinski definition) is 3. The number of nitrogens with one attached hydrogen (secondary N) is 1. The van der Waals surface area contributed by atoms with Crippen LogP contribution in [0.5, 0.6) is 0 Å². The summed E-state index contributed by atoms with van der Waals surface area (Å²) in [6.45, 7) is 2.38. The molecule has 4 nitrogen and oxygen atoms in total. The molecule has 2 aliphatic rings. The molecule has 0 aromatic heterocycles. The minimum absolute atomic E-state index is 0.0509. The third-order valence-corrected chi connectivity index (χ3v) is 3.67. The first-order chi connectivity index (χ1) is 8.33. The average molecular weight is 240 g/mol. The highest BCUT2D eigenvalue weighted by Crippen LogP contribution is 2.27. The van der Waals surface area contributed by atoms with Gasteiger partial charge in [0.1, 0.15) is 0 Å². The number of nitrogens with zero attached hydrogens (tertiary/aromatic N) is 1. The van der Waals surface area contributed by atoms with Crippen LogP contribution in [0.2, 0.25) is 0 Å². The van der Waals surface area contributed by atoms with Crippen molar-refractivity contribution in [3.8, 4) is 0 Å². The summed E-state index contributed by atoms with van der Waals surface area (Å²) in [5, 5.41) is 3.39. The van der Waals surface area contributed by atoms with E-state index in [2.05, 4.69) is 5.32 Å². The van der Waals surface area contributed by atoms with Gasteiger partial charge in [0, 0.05) is 19.7 Å². The molecular weight excluding hydrogens is 216 g/mol. The zero-order chi connectivity index (χ0) is 12.1. The minimum atomic E-state index is 0.0509. The molecule has 98 valence electrons. The van der Waals surface area contributed by atoms with Crippen molar-refractivity contribution >= 4 is 5.91 Å². The SMILES string of the molecule is COCCN(C(=O)C1CCCCCN1)C1CC1. The van der Waals surface area contributed by atoms with E-state index in [4.69, 9.17) is 4.74 Å². The number of hydrogen-bond donors (Lipinski definition) is 1. The predicted octanol–water partition coefficient (Wildman–Crippen LogP) is 1.16. The molecule has 0 aromatic carbocycles. The Morgan fingerprint density at radius 2 is 2.12 bits per heavy atom. The van der Waals surface area contributed by atoms with Crippen molar-refractivity contribution < 1.29 is 9.53 Å². The van der Waals surface area contributed by atoms with Gasteiger partial charge in [-0.2, -0.15) is 0 Å². The van der Waals surface area contributed by atoms with Crippen molar-refractivity contribution in [2.75, 3.05) is 26.8 Å². The van der Waals surface area contributed by atoms with E-state index in [0.717, 1.165) is 19.5 Å². The molecule has 2 fully saturated rings. The summed E-state index contributed by atoms with van der Waals surface area (Å²) < 4.78 is 5.10. The molecule has 0 spiro atoms. The molecule has 17 heavy (non-hydrogen) atoms. The number of rotatable bonds is 5. The second-order valence-electron chi connectivity index (χ2n) is 5.11. The molecule has 1 N–H and O–H groups in total. The molecule has 1 saturated carbocycles. The predicted molar refractivity (Wildman–Crippen MR) is 66.9 cm³/mol. The molecule has 1 unspecified atom stereocenters. The van der Waals surface area contributed by atoms with E-state index in [9.17, 15) is 4.79 Å². The first-order valence-corrected chi connectivity index (χ1v) is 6.85. The van der Waals surface area contributed by atoms with Gasteiger partial charge >= 0.3 is 0 Å². The first kappa shape index (κ1) is 12.8. The highest BCUT2D eigenvalue weighted by molar-refractivity contribution is 5.82. The van der Waals surface area contributed by atoms with Gasteiger partial charge < -0.3 is 15.0 Å². The van der Waals surface area contributed by atoms with Gasteiger partial charge in [-0.1, -0.05) is 12.8 Å². The third kappa shape index (κ3) is 3.68. The Hall–Kier alpha value is -0.610. The van der Waals surface area contributed by atoms with Gasteiger partial charge in [0.05, 0.1) is 12.6 Å². The van der Waals surface area contributed by atoms with Crippen molar-refractivity contribution in [1.82, 2.24) is 10.2 Å². The quantitative estimate of drug-likeness (QED) is 0.784. The van der Waals surface area contributed by atoms with Crippen LogP contribution in [0, 0.1) is 0 Å². The first-order valence-electron chi connectivity index (χ1n) is 6.85. The lowest BCUT2D eigenvalue weighted by Gasteiger charge is -2.27. The molecular formula is C13H24N2O2. The van der Waals surface area contributed by atoms with Crippen LogP contribution in [0.15, 0.2) is 0 Å². The number of carbonyl (C=O) groups excluding carboxylic acids is 1. The van der Waals surface area contributed by atoms with E-state index in [1.807, 2.05) is 4.90 Å². The molecule has 0 aromatic rings. The van der Waals surface area contributed by atoms with E-state index in [-0.39, 0.29) is 6.04 Å². The summed E-state index contributed by atoms with van der Waals surface area (Å²) in [5.74, 6) is 0.298. The minimum Gasteiger partial charge on any atom is -0.383 e. The van der Waals surface area contributed by atoms with Crippen molar-refractivity contribution in [2.24, 2.45) is 0 Å². The van der Waals surface area contributed by atoms with Gasteiger partial charge in [-0.05, 0) is 32.2 Å². The maximum atomic E-state index is 12.4. The monoisotopic (exact) mass is 240 g/mol. The Bertz CT molecular complexity index is 246. The van der Waals surface area contributed by atoms with Crippen LogP contribution in [-0.2, 0) is 9.53 Å². The standard InChI is InChI=1S/C13H24N2O2/c1-17-10-9-15(11-6-7-11)13(16)12-5-3-2-4-8-14-12/h11-12,14H,2-10H2,1H3. The Labute approximate surface area is 104 Å². The summed E-state index contributed by atoms with van der Waals surface area (Å²) in [5.41, 5.74) is 0. The summed E-state index contributed by atoms with van der Waals surface area (Å²) in [6, 6.07) is 0.539. The highest BCUT2D eigenvalue weighted by atomic mass is 16.5. The Balaban J connectivity index is 1.89. The van der Waals surface area contributed by atoms with E-state index in [1.54, 1.807) is 7.11 Å². The summed E-state index contributed by atoms with van der Waals surface area (Å²) in [6.07, 6.45) is 6.95. The lowest BCUT2D eigenvalue weighted by Crippen LogP contribution is -2.48. The fourth-order valence-corrected chi connectivity index (χ4v) is 2.49. The van der Waals surface area contributed by atoms with Crippen LogP contribution in [0.1, 0.15) is 38.5 Å². The summed E-state index contributed by atoms with van der Waals surface area (Å²) in [4.78, 5) is 14.5. The fraction of sp³-hybridized carbons (Fsp3) is 0.923. The molecule has 1 aliphatic carbocycles. The van der Waals surface area contributed by atoms with Gasteiger partial charge in [-0.15, -0.1) is 0 Å². The van der Waals surface area contributed by atoms with Gasteiger partial charge in [0.15, 0.2) is 0 Å². The second-order valence-corrected chi connectivity index (χ2v) is 5.11. The van der Waals surface area contributed by atoms with Crippen LogP contribution >= 0.6 is 0 Å². The Morgan fingerprint density at radius 1 is 1.29 bits per heavy atom. The second kappa shape index (κ2) is 6.36. The van der Waals surface area contributed by atoms with Crippen molar-refractivity contribution in [1.29, 1.82) is 0 Å². The molecule has 4 heteroatoms. The fourth-order valence-electron chi connectivity index (χ4n) is 2.49. The molecule has 1 heterocycles. The zero-order valence-corrected chi connectivity index (χ0v) is 10.8. The van der Waals surface area contributed by atoms with Crippen LogP contribution in [0.4, 0.5) is 0 Å². The lowest BCUT2D eigenvalue weighted by atomic mass is 10.1. The zero-order valence-electron chi connectivity index (χ0n) is 10.8. The van der Waals surface area contributed by atoms with Gasteiger partial charge in [-0.3, -0.25) is 4.79 Å². The number of amides is 1. The highest BCUT2D eigenvalue weighted by Gasteiger charge is 2.35. The number of methoxy groups -OCH3 is 1. The van der Waals surface area contributed by atoms with E-state index >= 15 is 0 Å². The smallest absolute Gasteiger partial charge is 0.240 e. The van der Waals surface area contributed by atoms with E-state index in [1.165, 1.54) is 32.1 Å². The normalized spacial score (nSPS) is 25.4. The third-order valence-electron chi connectivity index (χ3n) is 3.67. The number of carbonyl (C=O) groups is 1. The van der Waals surface area contributed by atoms with Crippen LogP contribution < -0.4 is 5.32 Å². The average Bonchev–Trinajstić information content (AvgIpc) is 3.16. The maximum Gasteiger partial charge on any atom is 0.240 e. The Kier molecular flexibility index (Phi) is 4.80. The van der Waals surface area contributed by atoms with Gasteiger partial charge in [0.2, 0.25) is 5.91 Å². The molecule has 0 radical (unpaired) electrons. The van der Waals surface area contributed by atoms with Crippen LogP contribution in [-0.4, -0.2) is 49.7 Å². The summed E-state index contributed by atoms with van der Waals surface area (Å²) in [7, 11) is 1.69. The lowest BCUT2D eigenvalue weighted by molar-refractivity contribution is -0.134. The molecule has 1 amide bonds. The van der Waals surface area contributed by atoms with Crippen molar-refractivity contribution in [3.05, 3.63) is 0 Å². The van der Waals surface area contributed by atoms with E-state index in [0.29, 0.717) is 18.6 Å². The van der Waals surface area contributed by atoms with Crippen LogP contribution in [0.25, 0.3) is 0 Å². The van der Waals surface area contributed by atoms with E-state index < -0.39 is 0 Å². The topological polar surface area (TPSA) is 41.6 Å². The molecule has 1 aliphatic heterocycles. The van der Waals surface area contributed by atoms with Gasteiger partial charge in [-0.25, -0.2) is 0 Å². The number of ether oxygens (including phenoxy) is 1. The van der Waals surface area contributed by atoms with Gasteiger partial charge in [0.25, 0.3) is 0 Å². The molecule has 0 bridgehead atoms. The summed E-state index contributed by atoms with van der Waals surface area (Å²) >= 11 is 0. The van der Waals surface area contributed by atoms with Crippen molar-refractivity contribution in [2.45, 2.75) is 50.6 Å². The largest absolute Gasteiger partial charge is 0.383 e. The maximum absolute atomic E-state index is 12.4. The molecule has 1 saturated heterocycles. The molecule has 1 atom stereocenters.